The van der Waals surface area contributed by atoms with Crippen molar-refractivity contribution in [3.63, 3.8) is 0 Å². The molecule has 4 amide bonds. The maximum Gasteiger partial charge on any atom is 0.407 e. The Labute approximate surface area is 245 Å². The summed E-state index contributed by atoms with van der Waals surface area (Å²) in [6, 6.07) is 6.97. The molecule has 0 aromatic heterocycles. The van der Waals surface area contributed by atoms with Crippen molar-refractivity contribution in [3.8, 4) is 0 Å². The van der Waals surface area contributed by atoms with Crippen LogP contribution in [-0.4, -0.2) is 48.4 Å². The van der Waals surface area contributed by atoms with Crippen LogP contribution in [0.4, 0.5) is 16.2 Å². The first-order valence-corrected chi connectivity index (χ1v) is 14.5. The third-order valence-electron chi connectivity index (χ3n) is 6.14. The molecule has 0 radical (unpaired) electrons. The summed E-state index contributed by atoms with van der Waals surface area (Å²) < 4.78 is 5.19. The second-order valence-corrected chi connectivity index (χ2v) is 11.2. The number of unbranched alkanes of at least 4 members (excludes halogenated alkanes) is 1. The first-order chi connectivity index (χ1) is 18.5. The second-order valence-electron chi connectivity index (χ2n) is 11.0. The van der Waals surface area contributed by atoms with Gasteiger partial charge in [-0.05, 0) is 77.5 Å². The Kier molecular flexibility index (Phi) is 19.5. The van der Waals surface area contributed by atoms with Crippen LogP contribution in [-0.2, 0) is 19.1 Å². The fourth-order valence-electron chi connectivity index (χ4n) is 4.26. The van der Waals surface area contributed by atoms with Crippen molar-refractivity contribution in [2.24, 2.45) is 5.92 Å². The van der Waals surface area contributed by atoms with Crippen LogP contribution in [0.2, 0.25) is 0 Å². The van der Waals surface area contributed by atoms with Gasteiger partial charge in [0.15, 0.2) is 0 Å². The summed E-state index contributed by atoms with van der Waals surface area (Å²) in [4.78, 5) is 44.6. The Hall–Kier alpha value is -2.81. The van der Waals surface area contributed by atoms with Gasteiger partial charge in [-0.2, -0.15) is 0 Å². The SMILES string of the molecule is C.CC(CCCCNC(=O)OC(C)(C)C)NC(=O)CCC1CCCCC1.O=CNc1cccc(NC(=O)CCl)c1. The van der Waals surface area contributed by atoms with Crippen LogP contribution in [0.15, 0.2) is 24.3 Å². The van der Waals surface area contributed by atoms with E-state index >= 15 is 0 Å². The first-order valence-electron chi connectivity index (χ1n) is 13.9. The van der Waals surface area contributed by atoms with Gasteiger partial charge in [0.25, 0.3) is 0 Å². The zero-order valence-electron chi connectivity index (χ0n) is 23.9. The molecule has 0 aliphatic heterocycles. The Morgan fingerprint density at radius 3 is 2.38 bits per heavy atom. The number of hydrogen-bond acceptors (Lipinski definition) is 5. The van der Waals surface area contributed by atoms with Gasteiger partial charge in [0, 0.05) is 30.4 Å². The fourth-order valence-corrected chi connectivity index (χ4v) is 4.33. The topological polar surface area (TPSA) is 126 Å². The molecule has 1 fully saturated rings. The van der Waals surface area contributed by atoms with Gasteiger partial charge in [-0.3, -0.25) is 14.4 Å². The minimum Gasteiger partial charge on any atom is -0.444 e. The normalized spacial score (nSPS) is 13.8. The predicted octanol–water partition coefficient (Wildman–Crippen LogP) is 6.61. The van der Waals surface area contributed by atoms with Gasteiger partial charge >= 0.3 is 6.09 Å². The molecule has 1 atom stereocenters. The second kappa shape index (κ2) is 21.0. The van der Waals surface area contributed by atoms with Gasteiger partial charge in [0.1, 0.15) is 11.5 Å². The quantitative estimate of drug-likeness (QED) is 0.118. The Morgan fingerprint density at radius 2 is 1.75 bits per heavy atom. The summed E-state index contributed by atoms with van der Waals surface area (Å²) in [7, 11) is 0. The predicted molar refractivity (Wildman–Crippen MR) is 164 cm³/mol. The molecule has 1 unspecified atom stereocenters. The van der Waals surface area contributed by atoms with E-state index in [0.717, 1.165) is 31.6 Å². The van der Waals surface area contributed by atoms with Crippen molar-refractivity contribution < 1.29 is 23.9 Å². The van der Waals surface area contributed by atoms with Crippen molar-refractivity contribution in [3.05, 3.63) is 24.3 Å². The summed E-state index contributed by atoms with van der Waals surface area (Å²) in [5.41, 5.74) is 0.760. The number of benzene rings is 1. The van der Waals surface area contributed by atoms with Crippen LogP contribution < -0.4 is 21.3 Å². The van der Waals surface area contributed by atoms with Crippen molar-refractivity contribution >= 4 is 47.3 Å². The largest absolute Gasteiger partial charge is 0.444 e. The van der Waals surface area contributed by atoms with E-state index in [0.29, 0.717) is 30.8 Å². The third kappa shape index (κ3) is 19.3. The van der Waals surface area contributed by atoms with Gasteiger partial charge in [-0.1, -0.05) is 45.6 Å². The molecule has 10 heteroatoms. The average molecular weight is 583 g/mol. The Balaban J connectivity index is 0.000000860. The molecule has 1 aliphatic carbocycles. The third-order valence-corrected chi connectivity index (χ3v) is 6.38. The van der Waals surface area contributed by atoms with Crippen LogP contribution in [0.25, 0.3) is 0 Å². The van der Waals surface area contributed by atoms with Crippen molar-refractivity contribution in [1.82, 2.24) is 10.6 Å². The lowest BCUT2D eigenvalue weighted by Crippen LogP contribution is -2.34. The Bertz CT molecular complexity index is 885. The number of nitrogens with one attached hydrogen (secondary N) is 4. The number of alkyl carbamates (subject to hydrolysis) is 1. The zero-order valence-corrected chi connectivity index (χ0v) is 24.7. The van der Waals surface area contributed by atoms with E-state index in [1.54, 1.807) is 24.3 Å². The molecule has 4 N–H and O–H groups in total. The minimum absolute atomic E-state index is 0. The lowest BCUT2D eigenvalue weighted by Gasteiger charge is -2.21. The highest BCUT2D eigenvalue weighted by atomic mass is 35.5. The van der Waals surface area contributed by atoms with Crippen LogP contribution in [0.1, 0.15) is 99.3 Å². The highest BCUT2D eigenvalue weighted by molar-refractivity contribution is 6.29. The number of anilines is 2. The van der Waals surface area contributed by atoms with Gasteiger partial charge in [0.2, 0.25) is 18.2 Å². The molecule has 2 rings (SSSR count). The fraction of sp³-hybridized carbons (Fsp3) is 0.667. The monoisotopic (exact) mass is 582 g/mol. The standard InChI is InChI=1S/C20H38N2O3.C9H9ClN2O2.CH4/c1-16(10-8-9-15-21-19(24)25-20(2,3)4)22-18(23)14-13-17-11-6-5-7-12-17;10-5-9(14)12-8-3-1-2-7(4-8)11-6-13;/h16-17H,5-15H2,1-4H3,(H,21,24)(H,22,23);1-4,6H,5H2,(H,11,13)(H,12,14);1H4. The van der Waals surface area contributed by atoms with Crippen molar-refractivity contribution in [2.45, 2.75) is 111 Å². The summed E-state index contributed by atoms with van der Waals surface area (Å²) in [6.45, 7) is 8.22. The highest BCUT2D eigenvalue weighted by Gasteiger charge is 2.16. The van der Waals surface area contributed by atoms with E-state index in [9.17, 15) is 19.2 Å². The van der Waals surface area contributed by atoms with Gasteiger partial charge in [0.05, 0.1) is 0 Å². The lowest BCUT2D eigenvalue weighted by molar-refractivity contribution is -0.122. The molecule has 1 aromatic rings. The van der Waals surface area contributed by atoms with Crippen LogP contribution >= 0.6 is 11.6 Å². The first kappa shape index (κ1) is 37.2. The number of alkyl halides is 1. The summed E-state index contributed by atoms with van der Waals surface area (Å²) in [6.07, 6.45) is 11.3. The van der Waals surface area contributed by atoms with E-state index in [1.165, 1.54) is 32.1 Å². The summed E-state index contributed by atoms with van der Waals surface area (Å²) in [5, 5.41) is 10.9. The van der Waals surface area contributed by atoms with E-state index < -0.39 is 5.60 Å². The number of ether oxygens (including phenoxy) is 1. The van der Waals surface area contributed by atoms with E-state index in [2.05, 4.69) is 28.2 Å². The smallest absolute Gasteiger partial charge is 0.407 e. The van der Waals surface area contributed by atoms with Crippen molar-refractivity contribution in [1.29, 1.82) is 0 Å². The number of carbonyl (C=O) groups is 4. The maximum atomic E-state index is 12.0. The molecule has 0 bridgehead atoms. The molecule has 1 aliphatic rings. The minimum atomic E-state index is -0.458. The highest BCUT2D eigenvalue weighted by Crippen LogP contribution is 2.27. The maximum absolute atomic E-state index is 12.0. The Morgan fingerprint density at radius 1 is 1.07 bits per heavy atom. The van der Waals surface area contributed by atoms with E-state index in [-0.39, 0.29) is 37.3 Å². The number of halogens is 1. The molecule has 40 heavy (non-hydrogen) atoms. The van der Waals surface area contributed by atoms with Gasteiger partial charge < -0.3 is 26.0 Å². The van der Waals surface area contributed by atoms with Crippen LogP contribution in [0.5, 0.6) is 0 Å². The summed E-state index contributed by atoms with van der Waals surface area (Å²) >= 11 is 5.32. The summed E-state index contributed by atoms with van der Waals surface area (Å²) in [5.74, 6) is 0.569. The van der Waals surface area contributed by atoms with Crippen LogP contribution in [0, 0.1) is 5.92 Å². The van der Waals surface area contributed by atoms with E-state index in [1.807, 2.05) is 20.8 Å². The van der Waals surface area contributed by atoms with Gasteiger partial charge in [-0.25, -0.2) is 4.79 Å². The molecular weight excluding hydrogens is 532 g/mol. The molecule has 0 heterocycles. The molecular formula is C30H51ClN4O5. The van der Waals surface area contributed by atoms with Crippen molar-refractivity contribution in [2.75, 3.05) is 23.1 Å². The van der Waals surface area contributed by atoms with Crippen LogP contribution in [0.3, 0.4) is 0 Å². The number of carbonyl (C=O) groups excluding carboxylic acids is 4. The number of amides is 4. The molecule has 1 saturated carbocycles. The molecule has 0 spiro atoms. The van der Waals surface area contributed by atoms with Gasteiger partial charge in [-0.15, -0.1) is 11.6 Å². The zero-order chi connectivity index (χ0) is 29.1. The molecule has 228 valence electrons. The lowest BCUT2D eigenvalue weighted by atomic mass is 9.86. The van der Waals surface area contributed by atoms with E-state index in [4.69, 9.17) is 16.3 Å². The molecule has 9 nitrogen and oxygen atoms in total. The number of rotatable bonds is 13. The average Bonchev–Trinajstić information content (AvgIpc) is 2.87. The molecule has 0 saturated heterocycles. The number of hydrogen-bond donors (Lipinski definition) is 4. The molecule has 1 aromatic carbocycles.